The van der Waals surface area contributed by atoms with Gasteiger partial charge in [0, 0.05) is 22.3 Å². The van der Waals surface area contributed by atoms with E-state index >= 15 is 0 Å². The maximum Gasteiger partial charge on any atom is 0.270 e. The first-order valence-corrected chi connectivity index (χ1v) is 9.77. The highest BCUT2D eigenvalue weighted by atomic mass is 16.2. The molecular formula is C24H23N5O. The van der Waals surface area contributed by atoms with Gasteiger partial charge in [-0.3, -0.25) is 15.6 Å². The van der Waals surface area contributed by atoms with E-state index in [0.717, 1.165) is 39.1 Å². The molecule has 0 spiro atoms. The van der Waals surface area contributed by atoms with Crippen molar-refractivity contribution in [1.29, 1.82) is 0 Å². The summed E-state index contributed by atoms with van der Waals surface area (Å²) in [6, 6.07) is 17.6. The normalized spacial score (nSPS) is 10.8. The van der Waals surface area contributed by atoms with Crippen molar-refractivity contribution in [1.82, 2.24) is 20.4 Å². The molecule has 6 nitrogen and oxygen atoms in total. The van der Waals surface area contributed by atoms with Crippen molar-refractivity contribution in [3.8, 4) is 11.3 Å². The van der Waals surface area contributed by atoms with E-state index in [1.165, 1.54) is 5.56 Å². The SMILES string of the molecule is Cc1ccc(-c2cc(C(=O)NNc3nc(C)cc(C)n3)c3ccccc3n2)c(C)c1. The minimum Gasteiger partial charge on any atom is -0.267 e. The van der Waals surface area contributed by atoms with Crippen LogP contribution in [-0.4, -0.2) is 20.9 Å². The van der Waals surface area contributed by atoms with Gasteiger partial charge in [0.1, 0.15) is 0 Å². The molecule has 0 atom stereocenters. The second-order valence-electron chi connectivity index (χ2n) is 7.44. The number of aromatic nitrogens is 3. The molecule has 0 aliphatic heterocycles. The molecule has 30 heavy (non-hydrogen) atoms. The van der Waals surface area contributed by atoms with E-state index in [-0.39, 0.29) is 5.91 Å². The van der Waals surface area contributed by atoms with Crippen LogP contribution in [0.5, 0.6) is 0 Å². The van der Waals surface area contributed by atoms with Crippen LogP contribution in [0, 0.1) is 27.7 Å². The Morgan fingerprint density at radius 2 is 1.57 bits per heavy atom. The molecule has 0 unspecified atom stereocenters. The second-order valence-corrected chi connectivity index (χ2v) is 7.44. The van der Waals surface area contributed by atoms with E-state index in [0.29, 0.717) is 11.5 Å². The smallest absolute Gasteiger partial charge is 0.267 e. The Bertz CT molecular complexity index is 1250. The number of carbonyl (C=O) groups is 1. The van der Waals surface area contributed by atoms with E-state index in [1.807, 2.05) is 56.3 Å². The van der Waals surface area contributed by atoms with Crippen molar-refractivity contribution >= 4 is 22.8 Å². The zero-order valence-electron chi connectivity index (χ0n) is 17.4. The lowest BCUT2D eigenvalue weighted by molar-refractivity contribution is 0.0964. The Morgan fingerprint density at radius 3 is 2.30 bits per heavy atom. The number of pyridine rings is 1. The molecule has 2 aromatic heterocycles. The number of amides is 1. The quantitative estimate of drug-likeness (QED) is 0.489. The molecule has 2 N–H and O–H groups in total. The van der Waals surface area contributed by atoms with Crippen molar-refractivity contribution in [3.05, 3.63) is 82.7 Å². The Hall–Kier alpha value is -3.80. The first-order chi connectivity index (χ1) is 14.4. The second kappa shape index (κ2) is 7.91. The average Bonchev–Trinajstić information content (AvgIpc) is 2.70. The molecule has 0 radical (unpaired) electrons. The zero-order chi connectivity index (χ0) is 21.3. The number of carbonyl (C=O) groups excluding carboxylic acids is 1. The van der Waals surface area contributed by atoms with Crippen LogP contribution in [0.15, 0.2) is 54.6 Å². The van der Waals surface area contributed by atoms with Gasteiger partial charge in [-0.15, -0.1) is 0 Å². The lowest BCUT2D eigenvalue weighted by Gasteiger charge is -2.13. The highest BCUT2D eigenvalue weighted by Crippen LogP contribution is 2.27. The van der Waals surface area contributed by atoms with Gasteiger partial charge < -0.3 is 0 Å². The fraction of sp³-hybridized carbons (Fsp3) is 0.167. The number of hydrogen-bond donors (Lipinski definition) is 2. The summed E-state index contributed by atoms with van der Waals surface area (Å²) in [6.07, 6.45) is 0. The van der Waals surface area contributed by atoms with Gasteiger partial charge in [0.2, 0.25) is 5.95 Å². The molecule has 0 fully saturated rings. The standard InChI is InChI=1S/C24H23N5O/c1-14-9-10-18(15(2)11-14)22-13-20(19-7-5-6-8-21(19)27-22)23(30)28-29-24-25-16(3)12-17(4)26-24/h5-13H,1-4H3,(H,28,30)(H,25,26,29). The zero-order valence-corrected chi connectivity index (χ0v) is 17.4. The van der Waals surface area contributed by atoms with Crippen LogP contribution < -0.4 is 10.9 Å². The van der Waals surface area contributed by atoms with Gasteiger partial charge in [-0.05, 0) is 51.5 Å². The van der Waals surface area contributed by atoms with Gasteiger partial charge in [-0.1, -0.05) is 42.0 Å². The van der Waals surface area contributed by atoms with Gasteiger partial charge in [-0.2, -0.15) is 0 Å². The van der Waals surface area contributed by atoms with E-state index in [9.17, 15) is 4.79 Å². The number of benzene rings is 2. The fourth-order valence-electron chi connectivity index (χ4n) is 3.56. The molecule has 2 heterocycles. The van der Waals surface area contributed by atoms with Crippen molar-refractivity contribution in [2.45, 2.75) is 27.7 Å². The topological polar surface area (TPSA) is 79.8 Å². The fourth-order valence-corrected chi connectivity index (χ4v) is 3.56. The third-order valence-corrected chi connectivity index (χ3v) is 4.89. The summed E-state index contributed by atoms with van der Waals surface area (Å²) in [5, 5.41) is 0.784. The van der Waals surface area contributed by atoms with Crippen molar-refractivity contribution < 1.29 is 4.79 Å². The largest absolute Gasteiger partial charge is 0.270 e. The molecule has 0 aliphatic rings. The maximum atomic E-state index is 13.1. The highest BCUT2D eigenvalue weighted by Gasteiger charge is 2.15. The Morgan fingerprint density at radius 1 is 0.833 bits per heavy atom. The molecule has 0 saturated carbocycles. The number of fused-ring (bicyclic) bond motifs is 1. The summed E-state index contributed by atoms with van der Waals surface area (Å²) < 4.78 is 0. The molecule has 1 amide bonds. The minimum atomic E-state index is -0.276. The summed E-state index contributed by atoms with van der Waals surface area (Å²) in [5.41, 5.74) is 12.6. The van der Waals surface area contributed by atoms with E-state index in [1.54, 1.807) is 0 Å². The van der Waals surface area contributed by atoms with Crippen LogP contribution in [0.3, 0.4) is 0 Å². The molecule has 2 aromatic carbocycles. The van der Waals surface area contributed by atoms with Crippen LogP contribution in [0.2, 0.25) is 0 Å². The van der Waals surface area contributed by atoms with Crippen molar-refractivity contribution in [2.75, 3.05) is 5.43 Å². The van der Waals surface area contributed by atoms with Gasteiger partial charge >= 0.3 is 0 Å². The summed E-state index contributed by atoms with van der Waals surface area (Å²) in [7, 11) is 0. The number of hydrogen-bond acceptors (Lipinski definition) is 5. The van der Waals surface area contributed by atoms with E-state index < -0.39 is 0 Å². The molecule has 4 aromatic rings. The van der Waals surface area contributed by atoms with Gasteiger partial charge in [0.05, 0.1) is 16.8 Å². The first-order valence-electron chi connectivity index (χ1n) is 9.77. The molecule has 150 valence electrons. The number of hydrazine groups is 1. The van der Waals surface area contributed by atoms with E-state index in [4.69, 9.17) is 4.98 Å². The van der Waals surface area contributed by atoms with Crippen molar-refractivity contribution in [3.63, 3.8) is 0 Å². The predicted octanol–water partition coefficient (Wildman–Crippen LogP) is 4.68. The number of nitrogens with one attached hydrogen (secondary N) is 2. The van der Waals surface area contributed by atoms with E-state index in [2.05, 4.69) is 46.8 Å². The first kappa shape index (κ1) is 19.5. The van der Waals surface area contributed by atoms with Crippen molar-refractivity contribution in [2.24, 2.45) is 0 Å². The van der Waals surface area contributed by atoms with Crippen LogP contribution in [0.1, 0.15) is 32.9 Å². The van der Waals surface area contributed by atoms with Gasteiger partial charge in [-0.25, -0.2) is 15.0 Å². The molecule has 0 bridgehead atoms. The monoisotopic (exact) mass is 397 g/mol. The Kier molecular flexibility index (Phi) is 5.14. The van der Waals surface area contributed by atoms with Crippen LogP contribution >= 0.6 is 0 Å². The number of aryl methyl sites for hydroxylation is 4. The number of para-hydroxylation sites is 1. The minimum absolute atomic E-state index is 0.276. The number of anilines is 1. The highest BCUT2D eigenvalue weighted by molar-refractivity contribution is 6.07. The number of nitrogens with zero attached hydrogens (tertiary/aromatic N) is 3. The average molecular weight is 397 g/mol. The predicted molar refractivity (Wildman–Crippen MR) is 119 cm³/mol. The molecule has 0 saturated heterocycles. The molecule has 0 aliphatic carbocycles. The van der Waals surface area contributed by atoms with Gasteiger partial charge in [0.25, 0.3) is 5.91 Å². The number of rotatable bonds is 4. The maximum absolute atomic E-state index is 13.1. The summed E-state index contributed by atoms with van der Waals surface area (Å²) >= 11 is 0. The van der Waals surface area contributed by atoms with Crippen LogP contribution in [0.4, 0.5) is 5.95 Å². The Labute approximate surface area is 175 Å². The van der Waals surface area contributed by atoms with Gasteiger partial charge in [0.15, 0.2) is 0 Å². The lowest BCUT2D eigenvalue weighted by atomic mass is 9.99. The lowest BCUT2D eigenvalue weighted by Crippen LogP contribution is -2.30. The molecule has 4 rings (SSSR count). The third-order valence-electron chi connectivity index (χ3n) is 4.89. The molecule has 6 heteroatoms. The third kappa shape index (κ3) is 3.98. The molecular weight excluding hydrogens is 374 g/mol. The Balaban J connectivity index is 1.72. The van der Waals surface area contributed by atoms with Crippen LogP contribution in [-0.2, 0) is 0 Å². The summed E-state index contributed by atoms with van der Waals surface area (Å²) in [6.45, 7) is 7.88. The summed E-state index contributed by atoms with van der Waals surface area (Å²) in [4.78, 5) is 26.5. The van der Waals surface area contributed by atoms with Crippen LogP contribution in [0.25, 0.3) is 22.2 Å². The summed E-state index contributed by atoms with van der Waals surface area (Å²) in [5.74, 6) is 0.0798.